The molecule has 1 rings (SSSR count). The second-order valence-corrected chi connectivity index (χ2v) is 3.59. The van der Waals surface area contributed by atoms with Gasteiger partial charge in [0.15, 0.2) is 11.5 Å². The summed E-state index contributed by atoms with van der Waals surface area (Å²) in [6.45, 7) is 0. The fourth-order valence-corrected chi connectivity index (χ4v) is 1.55. The van der Waals surface area contributed by atoms with Crippen molar-refractivity contribution in [3.05, 3.63) is 28.8 Å². The number of carbonyl (C=O) groups excluding carboxylic acids is 1. The molecule has 0 aliphatic rings. The molecule has 1 aromatic rings. The predicted molar refractivity (Wildman–Crippen MR) is 64.5 cm³/mol. The third-order valence-electron chi connectivity index (χ3n) is 1.91. The summed E-state index contributed by atoms with van der Waals surface area (Å²) in [6, 6.07) is 3.41. The van der Waals surface area contributed by atoms with Crippen molar-refractivity contribution in [3.8, 4) is 11.5 Å². The van der Waals surface area contributed by atoms with Gasteiger partial charge in [-0.3, -0.25) is 4.79 Å². The first kappa shape index (κ1) is 12.9. The highest BCUT2D eigenvalue weighted by Gasteiger charge is 2.11. The molecule has 0 unspecified atom stereocenters. The normalized spacial score (nSPS) is 10.5. The van der Waals surface area contributed by atoms with Crippen LogP contribution < -0.4 is 9.47 Å². The zero-order valence-corrected chi connectivity index (χ0v) is 10.3. The molecule has 0 aliphatic heterocycles. The van der Waals surface area contributed by atoms with E-state index in [0.29, 0.717) is 22.1 Å². The van der Waals surface area contributed by atoms with E-state index in [1.54, 1.807) is 12.1 Å². The van der Waals surface area contributed by atoms with E-state index < -0.39 is 5.24 Å². The summed E-state index contributed by atoms with van der Waals surface area (Å²) < 4.78 is 10.2. The molecule has 0 N–H and O–H groups in total. The van der Waals surface area contributed by atoms with Crippen molar-refractivity contribution in [2.45, 2.75) is 0 Å². The third kappa shape index (κ3) is 2.90. The van der Waals surface area contributed by atoms with Gasteiger partial charge >= 0.3 is 0 Å². The van der Waals surface area contributed by atoms with E-state index in [-0.39, 0.29) is 0 Å². The average Bonchev–Trinajstić information content (AvgIpc) is 2.26. The minimum atomic E-state index is -0.564. The molecule has 5 heteroatoms. The summed E-state index contributed by atoms with van der Waals surface area (Å²) in [5.74, 6) is 0.954. The fourth-order valence-electron chi connectivity index (χ4n) is 1.19. The van der Waals surface area contributed by atoms with Crippen LogP contribution in [0.5, 0.6) is 11.5 Å². The van der Waals surface area contributed by atoms with Gasteiger partial charge in [0.25, 0.3) is 0 Å². The molecule has 0 atom stereocenters. The van der Waals surface area contributed by atoms with E-state index in [1.165, 1.54) is 26.4 Å². The van der Waals surface area contributed by atoms with Crippen molar-refractivity contribution >= 4 is 34.5 Å². The van der Waals surface area contributed by atoms with Gasteiger partial charge in [0.1, 0.15) is 0 Å². The zero-order chi connectivity index (χ0) is 12.1. The lowest BCUT2D eigenvalue weighted by Crippen LogP contribution is -1.92. The Bertz CT molecular complexity index is 427. The van der Waals surface area contributed by atoms with Gasteiger partial charge in [0.2, 0.25) is 5.24 Å². The van der Waals surface area contributed by atoms with Gasteiger partial charge in [0, 0.05) is 0 Å². The standard InChI is InChI=1S/C11H10Cl2O3/c1-15-8-5-3-7(4-6-9(12)14)10(13)11(8)16-2/h3-6H,1-2H3/b6-4-. The second kappa shape index (κ2) is 5.77. The quantitative estimate of drug-likeness (QED) is 0.617. The van der Waals surface area contributed by atoms with Crippen molar-refractivity contribution in [2.75, 3.05) is 14.2 Å². The Kier molecular flexibility index (Phi) is 4.65. The van der Waals surface area contributed by atoms with Crippen LogP contribution in [0.3, 0.4) is 0 Å². The van der Waals surface area contributed by atoms with E-state index >= 15 is 0 Å². The molecule has 3 nitrogen and oxygen atoms in total. The number of hydrogen-bond donors (Lipinski definition) is 0. The number of methoxy groups -OCH3 is 2. The largest absolute Gasteiger partial charge is 0.493 e. The molecule has 0 bridgehead atoms. The minimum absolute atomic E-state index is 0.371. The smallest absolute Gasteiger partial charge is 0.245 e. The lowest BCUT2D eigenvalue weighted by Gasteiger charge is -2.10. The van der Waals surface area contributed by atoms with E-state index in [1.807, 2.05) is 0 Å². The van der Waals surface area contributed by atoms with Crippen molar-refractivity contribution < 1.29 is 14.3 Å². The lowest BCUT2D eigenvalue weighted by atomic mass is 10.2. The van der Waals surface area contributed by atoms with Gasteiger partial charge in [-0.05, 0) is 41.4 Å². The summed E-state index contributed by atoms with van der Waals surface area (Å²) in [5, 5.41) is -0.193. The molecule has 0 aliphatic carbocycles. The Balaban J connectivity index is 3.18. The summed E-state index contributed by atoms with van der Waals surface area (Å²) in [4.78, 5) is 10.6. The summed E-state index contributed by atoms with van der Waals surface area (Å²) in [6.07, 6.45) is 2.73. The van der Waals surface area contributed by atoms with E-state index in [0.717, 1.165) is 0 Å². The number of ether oxygens (including phenoxy) is 2. The van der Waals surface area contributed by atoms with Crippen LogP contribution in [0.25, 0.3) is 6.08 Å². The number of carbonyl (C=O) groups is 1. The van der Waals surface area contributed by atoms with Gasteiger partial charge in [-0.1, -0.05) is 11.6 Å². The van der Waals surface area contributed by atoms with Crippen LogP contribution in [0.1, 0.15) is 5.56 Å². The van der Waals surface area contributed by atoms with Crippen LogP contribution in [0, 0.1) is 0 Å². The number of benzene rings is 1. The molecule has 86 valence electrons. The van der Waals surface area contributed by atoms with Crippen LogP contribution in [0.4, 0.5) is 0 Å². The minimum Gasteiger partial charge on any atom is -0.493 e. The van der Waals surface area contributed by atoms with Crippen LogP contribution in [-0.4, -0.2) is 19.5 Å². The van der Waals surface area contributed by atoms with Crippen molar-refractivity contribution in [3.63, 3.8) is 0 Å². The second-order valence-electron chi connectivity index (χ2n) is 2.84. The van der Waals surface area contributed by atoms with E-state index in [9.17, 15) is 4.79 Å². The number of rotatable bonds is 4. The molecule has 0 saturated heterocycles. The van der Waals surface area contributed by atoms with Crippen molar-refractivity contribution in [2.24, 2.45) is 0 Å². The highest BCUT2D eigenvalue weighted by molar-refractivity contribution is 6.66. The van der Waals surface area contributed by atoms with Crippen molar-refractivity contribution in [1.29, 1.82) is 0 Å². The first-order valence-electron chi connectivity index (χ1n) is 4.38. The molecule has 0 radical (unpaired) electrons. The summed E-state index contributed by atoms with van der Waals surface area (Å²) >= 11 is 11.3. The molecule has 0 aromatic heterocycles. The van der Waals surface area contributed by atoms with Gasteiger partial charge in [-0.2, -0.15) is 0 Å². The first-order valence-corrected chi connectivity index (χ1v) is 5.13. The van der Waals surface area contributed by atoms with Gasteiger partial charge < -0.3 is 9.47 Å². The fraction of sp³-hybridized carbons (Fsp3) is 0.182. The van der Waals surface area contributed by atoms with Crippen LogP contribution in [0.15, 0.2) is 18.2 Å². The molecule has 1 aromatic carbocycles. The average molecular weight is 261 g/mol. The van der Waals surface area contributed by atoms with Crippen molar-refractivity contribution in [1.82, 2.24) is 0 Å². The molecule has 0 saturated carbocycles. The third-order valence-corrected chi connectivity index (χ3v) is 2.42. The maximum atomic E-state index is 10.6. The topological polar surface area (TPSA) is 35.5 Å². The molecule has 0 heterocycles. The monoisotopic (exact) mass is 260 g/mol. The van der Waals surface area contributed by atoms with E-state index in [2.05, 4.69) is 0 Å². The lowest BCUT2D eigenvalue weighted by molar-refractivity contribution is -0.107. The SMILES string of the molecule is COc1ccc(/C=C\C(=O)Cl)c(Cl)c1OC. The maximum Gasteiger partial charge on any atom is 0.245 e. The molecule has 0 amide bonds. The Labute approximate surface area is 104 Å². The predicted octanol–water partition coefficient (Wildman–Crippen LogP) is 3.14. The van der Waals surface area contributed by atoms with Gasteiger partial charge in [-0.25, -0.2) is 0 Å². The molecular formula is C11H10Cl2O3. The Morgan fingerprint density at radius 2 is 2.00 bits per heavy atom. The Morgan fingerprint density at radius 3 is 2.50 bits per heavy atom. The molecular weight excluding hydrogens is 251 g/mol. The zero-order valence-electron chi connectivity index (χ0n) is 8.79. The van der Waals surface area contributed by atoms with Gasteiger partial charge in [0.05, 0.1) is 19.2 Å². The first-order chi connectivity index (χ1) is 7.60. The van der Waals surface area contributed by atoms with Crippen LogP contribution in [0.2, 0.25) is 5.02 Å². The number of hydrogen-bond acceptors (Lipinski definition) is 3. The highest BCUT2D eigenvalue weighted by Crippen LogP contribution is 2.37. The Morgan fingerprint density at radius 1 is 1.31 bits per heavy atom. The van der Waals surface area contributed by atoms with Gasteiger partial charge in [-0.15, -0.1) is 0 Å². The molecule has 16 heavy (non-hydrogen) atoms. The maximum absolute atomic E-state index is 10.6. The summed E-state index contributed by atoms with van der Waals surface area (Å²) in [5.41, 5.74) is 0.633. The number of allylic oxidation sites excluding steroid dienone is 1. The summed E-state index contributed by atoms with van der Waals surface area (Å²) in [7, 11) is 3.01. The van der Waals surface area contributed by atoms with E-state index in [4.69, 9.17) is 32.7 Å². The Hall–Kier alpha value is -1.19. The molecule has 0 fully saturated rings. The molecule has 0 spiro atoms. The van der Waals surface area contributed by atoms with Crippen LogP contribution in [-0.2, 0) is 4.79 Å². The highest BCUT2D eigenvalue weighted by atomic mass is 35.5. The number of halogens is 2. The van der Waals surface area contributed by atoms with Crippen LogP contribution >= 0.6 is 23.2 Å².